The van der Waals surface area contributed by atoms with Gasteiger partial charge >= 0.3 is 5.97 Å². The first-order chi connectivity index (χ1) is 15.7. The van der Waals surface area contributed by atoms with E-state index in [2.05, 4.69) is 19.2 Å². The van der Waals surface area contributed by atoms with Crippen LogP contribution in [0.4, 0.5) is 0 Å². The van der Waals surface area contributed by atoms with Crippen LogP contribution >= 0.6 is 0 Å². The van der Waals surface area contributed by atoms with E-state index in [1.807, 2.05) is 0 Å². The standard InChI is InChI=1S/C25H36N2O6/c1-5-18(3)13-14-21(29)17-27-15-9-10-20(25(27)32)16-23(30)22(26-19(4)28)11-7-8-12-24(31)33-6-2/h8-10,12,15,18,22H,5-7,11,13-14,16-17H2,1-4H3,(H,26,28)/b12-8+/t18?,22-/m0/s1. The van der Waals surface area contributed by atoms with Gasteiger partial charge in [0.2, 0.25) is 5.91 Å². The number of amides is 1. The van der Waals surface area contributed by atoms with E-state index in [1.165, 1.54) is 17.6 Å². The molecule has 0 radical (unpaired) electrons. The Morgan fingerprint density at radius 3 is 2.55 bits per heavy atom. The van der Waals surface area contributed by atoms with Crippen LogP contribution in [0.2, 0.25) is 0 Å². The van der Waals surface area contributed by atoms with Gasteiger partial charge in [0.25, 0.3) is 5.56 Å². The summed E-state index contributed by atoms with van der Waals surface area (Å²) in [4.78, 5) is 60.8. The van der Waals surface area contributed by atoms with E-state index in [1.54, 1.807) is 31.3 Å². The molecule has 0 aliphatic heterocycles. The van der Waals surface area contributed by atoms with Crippen LogP contribution in [0.5, 0.6) is 0 Å². The lowest BCUT2D eigenvalue weighted by Crippen LogP contribution is -2.41. The number of ketones is 2. The average Bonchev–Trinajstić information content (AvgIpc) is 2.76. The first-order valence-electron chi connectivity index (χ1n) is 11.5. The van der Waals surface area contributed by atoms with Crippen LogP contribution in [0.25, 0.3) is 0 Å². The lowest BCUT2D eigenvalue weighted by Gasteiger charge is -2.16. The van der Waals surface area contributed by atoms with Gasteiger partial charge in [-0.15, -0.1) is 0 Å². The van der Waals surface area contributed by atoms with Crippen LogP contribution in [-0.2, 0) is 36.9 Å². The molecule has 33 heavy (non-hydrogen) atoms. The largest absolute Gasteiger partial charge is 0.463 e. The van der Waals surface area contributed by atoms with Gasteiger partial charge in [-0.3, -0.25) is 19.2 Å². The van der Waals surface area contributed by atoms with Crippen LogP contribution in [0, 0.1) is 5.92 Å². The fraction of sp³-hybridized carbons (Fsp3) is 0.560. The Balaban J connectivity index is 2.81. The number of nitrogens with zero attached hydrogens (tertiary/aromatic N) is 1. The first-order valence-corrected chi connectivity index (χ1v) is 11.5. The minimum absolute atomic E-state index is 0.0227. The van der Waals surface area contributed by atoms with Crippen molar-refractivity contribution in [1.29, 1.82) is 0 Å². The zero-order chi connectivity index (χ0) is 24.8. The Morgan fingerprint density at radius 1 is 1.18 bits per heavy atom. The molecule has 0 bridgehead atoms. The lowest BCUT2D eigenvalue weighted by atomic mass is 10.00. The number of hydrogen-bond donors (Lipinski definition) is 1. The number of nitrogens with one attached hydrogen (secondary N) is 1. The Bertz CT molecular complexity index is 902. The van der Waals surface area contributed by atoms with Crippen molar-refractivity contribution in [3.05, 3.63) is 46.4 Å². The van der Waals surface area contributed by atoms with E-state index in [0.29, 0.717) is 18.8 Å². The molecule has 0 aliphatic rings. The highest BCUT2D eigenvalue weighted by Gasteiger charge is 2.21. The second-order valence-corrected chi connectivity index (χ2v) is 8.19. The number of aromatic nitrogens is 1. The van der Waals surface area contributed by atoms with Gasteiger partial charge < -0.3 is 14.6 Å². The molecule has 0 aromatic carbocycles. The number of hydrogen-bond acceptors (Lipinski definition) is 6. The third-order valence-corrected chi connectivity index (χ3v) is 5.35. The SMILES string of the molecule is CCOC(=O)/C=C/CC[C@H](NC(C)=O)C(=O)Cc1cccn(CC(=O)CCC(C)CC)c1=O. The number of carbonyl (C=O) groups excluding carboxylic acids is 4. The zero-order valence-electron chi connectivity index (χ0n) is 20.1. The first kappa shape index (κ1) is 28.0. The van der Waals surface area contributed by atoms with E-state index < -0.39 is 12.0 Å². The van der Waals surface area contributed by atoms with E-state index in [9.17, 15) is 24.0 Å². The molecule has 2 atom stereocenters. The van der Waals surface area contributed by atoms with Crippen LogP contribution in [0.1, 0.15) is 65.4 Å². The van der Waals surface area contributed by atoms with Crippen molar-refractivity contribution in [1.82, 2.24) is 9.88 Å². The zero-order valence-corrected chi connectivity index (χ0v) is 20.1. The molecule has 1 unspecified atom stereocenters. The molecule has 1 amide bonds. The highest BCUT2D eigenvalue weighted by Crippen LogP contribution is 2.10. The number of rotatable bonds is 15. The summed E-state index contributed by atoms with van der Waals surface area (Å²) >= 11 is 0. The smallest absolute Gasteiger partial charge is 0.330 e. The molecule has 8 heteroatoms. The molecule has 1 N–H and O–H groups in total. The van der Waals surface area contributed by atoms with Crippen LogP contribution in [-0.4, -0.2) is 40.7 Å². The summed E-state index contributed by atoms with van der Waals surface area (Å²) in [5.41, 5.74) is -0.110. The topological polar surface area (TPSA) is 112 Å². The molecule has 0 aliphatic carbocycles. The molecule has 0 fully saturated rings. The fourth-order valence-corrected chi connectivity index (χ4v) is 3.23. The summed E-state index contributed by atoms with van der Waals surface area (Å²) in [5.74, 6) is -0.714. The van der Waals surface area contributed by atoms with Gasteiger partial charge in [0.1, 0.15) is 0 Å². The highest BCUT2D eigenvalue weighted by atomic mass is 16.5. The molecular formula is C25H36N2O6. The van der Waals surface area contributed by atoms with Crippen molar-refractivity contribution in [2.45, 2.75) is 78.8 Å². The van der Waals surface area contributed by atoms with Crippen LogP contribution < -0.4 is 10.9 Å². The summed E-state index contributed by atoms with van der Waals surface area (Å²) in [7, 11) is 0. The molecule has 0 saturated carbocycles. The molecular weight excluding hydrogens is 424 g/mol. The van der Waals surface area contributed by atoms with Crippen molar-refractivity contribution < 1.29 is 23.9 Å². The van der Waals surface area contributed by atoms with E-state index in [4.69, 9.17) is 4.74 Å². The normalized spacial score (nSPS) is 12.8. The molecule has 1 heterocycles. The number of esters is 1. The number of pyridine rings is 1. The van der Waals surface area contributed by atoms with Crippen molar-refractivity contribution in [3.8, 4) is 0 Å². The van der Waals surface area contributed by atoms with E-state index in [-0.39, 0.29) is 54.6 Å². The number of carbonyl (C=O) groups is 4. The molecule has 1 aromatic rings. The molecule has 1 aromatic heterocycles. The minimum atomic E-state index is -0.792. The predicted octanol–water partition coefficient (Wildman–Crippen LogP) is 2.76. The van der Waals surface area contributed by atoms with E-state index >= 15 is 0 Å². The van der Waals surface area contributed by atoms with Crippen molar-refractivity contribution >= 4 is 23.4 Å². The third-order valence-electron chi connectivity index (χ3n) is 5.35. The Hall–Kier alpha value is -3.03. The third kappa shape index (κ3) is 10.9. The van der Waals surface area contributed by atoms with Gasteiger partial charge in [-0.25, -0.2) is 4.79 Å². The van der Waals surface area contributed by atoms with Gasteiger partial charge in [0.05, 0.1) is 19.2 Å². The Kier molecular flexibility index (Phi) is 12.7. The van der Waals surface area contributed by atoms with Crippen molar-refractivity contribution in [3.63, 3.8) is 0 Å². The number of ether oxygens (including phenoxy) is 1. The van der Waals surface area contributed by atoms with Crippen LogP contribution in [0.15, 0.2) is 35.3 Å². The van der Waals surface area contributed by atoms with Gasteiger partial charge in [-0.1, -0.05) is 32.4 Å². The predicted molar refractivity (Wildman–Crippen MR) is 126 cm³/mol. The Labute approximate surface area is 195 Å². The summed E-state index contributed by atoms with van der Waals surface area (Å²) in [6.07, 6.45) is 7.10. The molecule has 182 valence electrons. The second kappa shape index (κ2) is 14.9. The van der Waals surface area contributed by atoms with Gasteiger partial charge in [0, 0.05) is 37.6 Å². The van der Waals surface area contributed by atoms with Crippen LogP contribution in [0.3, 0.4) is 0 Å². The van der Waals surface area contributed by atoms with Gasteiger partial charge in [-0.05, 0) is 38.2 Å². The molecule has 1 rings (SSSR count). The maximum absolute atomic E-state index is 12.8. The summed E-state index contributed by atoms with van der Waals surface area (Å²) in [6, 6.07) is 2.41. The minimum Gasteiger partial charge on any atom is -0.463 e. The summed E-state index contributed by atoms with van der Waals surface area (Å²) in [5, 5.41) is 2.61. The number of allylic oxidation sites excluding steroid dienone is 1. The molecule has 0 saturated heterocycles. The van der Waals surface area contributed by atoms with Crippen molar-refractivity contribution in [2.24, 2.45) is 5.92 Å². The Morgan fingerprint density at radius 2 is 1.91 bits per heavy atom. The van der Waals surface area contributed by atoms with E-state index in [0.717, 1.165) is 12.8 Å². The maximum Gasteiger partial charge on any atom is 0.330 e. The summed E-state index contributed by atoms with van der Waals surface area (Å²) in [6.45, 7) is 7.43. The monoisotopic (exact) mass is 460 g/mol. The summed E-state index contributed by atoms with van der Waals surface area (Å²) < 4.78 is 6.13. The average molecular weight is 461 g/mol. The molecule has 0 spiro atoms. The quantitative estimate of drug-likeness (QED) is 0.318. The molecule has 8 nitrogen and oxygen atoms in total. The fourth-order valence-electron chi connectivity index (χ4n) is 3.23. The maximum atomic E-state index is 12.8. The number of Topliss-reactive ketones (excluding diaryl/α,β-unsaturated/α-hetero) is 2. The highest BCUT2D eigenvalue weighted by molar-refractivity contribution is 5.90. The van der Waals surface area contributed by atoms with Crippen molar-refractivity contribution in [2.75, 3.05) is 6.61 Å². The van der Waals surface area contributed by atoms with Gasteiger partial charge in [-0.2, -0.15) is 0 Å². The lowest BCUT2D eigenvalue weighted by molar-refractivity contribution is -0.137. The second-order valence-electron chi connectivity index (χ2n) is 8.19. The van der Waals surface area contributed by atoms with Gasteiger partial charge in [0.15, 0.2) is 11.6 Å².